The minimum Gasteiger partial charge on any atom is -0.381 e. The number of ether oxygens (including phenoxy) is 1. The summed E-state index contributed by atoms with van der Waals surface area (Å²) >= 11 is 0. The lowest BCUT2D eigenvalue weighted by molar-refractivity contribution is 0.00676. The van der Waals surface area contributed by atoms with Gasteiger partial charge in [0.05, 0.1) is 12.6 Å². The van der Waals surface area contributed by atoms with Crippen LogP contribution in [0.4, 0.5) is 4.39 Å². The molecule has 132 valence electrons. The largest absolute Gasteiger partial charge is 0.381 e. The van der Waals surface area contributed by atoms with Crippen LogP contribution in [0.15, 0.2) is 28.8 Å². The summed E-state index contributed by atoms with van der Waals surface area (Å²) in [6.07, 6.45) is 2.13. The van der Waals surface area contributed by atoms with Gasteiger partial charge >= 0.3 is 0 Å². The fraction of sp³-hybridized carbons (Fsp3) is 0.500. The van der Waals surface area contributed by atoms with E-state index < -0.39 is 0 Å². The maximum Gasteiger partial charge on any atom is 0.241 e. The molecule has 8 heteroatoms. The lowest BCUT2D eigenvalue weighted by Gasteiger charge is -2.37. The van der Waals surface area contributed by atoms with Crippen molar-refractivity contribution >= 4 is 12.4 Å². The van der Waals surface area contributed by atoms with E-state index in [1.807, 2.05) is 0 Å². The molecule has 1 aromatic heterocycles. The topological polar surface area (TPSA) is 77.4 Å². The molecule has 2 N–H and O–H groups in total. The second-order valence-corrected chi connectivity index (χ2v) is 5.76. The number of rotatable bonds is 5. The molecule has 24 heavy (non-hydrogen) atoms. The minimum atomic E-state index is -0.288. The van der Waals surface area contributed by atoms with Gasteiger partial charge in [0.15, 0.2) is 0 Å². The number of methoxy groups -OCH3 is 1. The van der Waals surface area contributed by atoms with Crippen molar-refractivity contribution in [3.63, 3.8) is 0 Å². The van der Waals surface area contributed by atoms with Crippen molar-refractivity contribution in [3.05, 3.63) is 36.0 Å². The van der Waals surface area contributed by atoms with Crippen LogP contribution >= 0.6 is 12.4 Å². The number of benzene rings is 1. The minimum absolute atomic E-state index is 0. The monoisotopic (exact) mass is 356 g/mol. The third-order valence-corrected chi connectivity index (χ3v) is 4.30. The highest BCUT2D eigenvalue weighted by Gasteiger charge is 2.28. The molecule has 1 aliphatic rings. The van der Waals surface area contributed by atoms with Crippen LogP contribution in [0.5, 0.6) is 0 Å². The number of hydrogen-bond acceptors (Lipinski definition) is 6. The Labute approximate surface area is 146 Å². The number of halogens is 2. The molecule has 0 spiro atoms. The molecule has 0 amide bonds. The van der Waals surface area contributed by atoms with Crippen LogP contribution in [0.2, 0.25) is 0 Å². The first kappa shape index (κ1) is 18.8. The van der Waals surface area contributed by atoms with Crippen molar-refractivity contribution in [1.29, 1.82) is 0 Å². The molecule has 2 atom stereocenters. The van der Waals surface area contributed by atoms with Crippen molar-refractivity contribution < 1.29 is 13.7 Å². The predicted octanol–water partition coefficient (Wildman–Crippen LogP) is 2.24. The standard InChI is InChI=1S/C16H21FN4O2.ClH/c1-22-14-6-7-21(13(8-14)9-18)10-15-19-16(20-23-15)11-2-4-12(17)5-3-11;/h2-5,13-14H,6-10,18H2,1H3;1H. The number of nitrogens with two attached hydrogens (primary N) is 1. The second kappa shape index (κ2) is 8.53. The average molecular weight is 357 g/mol. The Hall–Kier alpha value is -1.54. The number of nitrogens with zero attached hydrogens (tertiary/aromatic N) is 3. The van der Waals surface area contributed by atoms with Crippen molar-refractivity contribution in [1.82, 2.24) is 15.0 Å². The highest BCUT2D eigenvalue weighted by atomic mass is 35.5. The zero-order valence-corrected chi connectivity index (χ0v) is 14.3. The summed E-state index contributed by atoms with van der Waals surface area (Å²) in [4.78, 5) is 6.65. The summed E-state index contributed by atoms with van der Waals surface area (Å²) in [5, 5.41) is 3.97. The quantitative estimate of drug-likeness (QED) is 0.885. The molecule has 6 nitrogen and oxygen atoms in total. The van der Waals surface area contributed by atoms with Gasteiger partial charge in [0.2, 0.25) is 11.7 Å². The Bertz CT molecular complexity index is 637. The summed E-state index contributed by atoms with van der Waals surface area (Å²) in [6.45, 7) is 2.01. The van der Waals surface area contributed by atoms with Crippen molar-refractivity contribution in [2.75, 3.05) is 20.2 Å². The molecule has 2 aromatic rings. The molecule has 0 saturated carbocycles. The van der Waals surface area contributed by atoms with Crippen LogP contribution in [0.3, 0.4) is 0 Å². The molecular weight excluding hydrogens is 335 g/mol. The molecule has 2 heterocycles. The van der Waals surface area contributed by atoms with Gasteiger partial charge in [-0.1, -0.05) is 5.16 Å². The SMILES string of the molecule is COC1CCN(Cc2nc(-c3ccc(F)cc3)no2)C(CN)C1.Cl. The third-order valence-electron chi connectivity index (χ3n) is 4.30. The van der Waals surface area contributed by atoms with E-state index >= 15 is 0 Å². The van der Waals surface area contributed by atoms with E-state index in [0.717, 1.165) is 24.9 Å². The van der Waals surface area contributed by atoms with E-state index in [2.05, 4.69) is 15.0 Å². The highest BCUT2D eigenvalue weighted by Crippen LogP contribution is 2.22. The molecular formula is C16H22ClFN4O2. The molecule has 1 saturated heterocycles. The van der Waals surface area contributed by atoms with E-state index in [4.69, 9.17) is 15.0 Å². The maximum atomic E-state index is 13.0. The van der Waals surface area contributed by atoms with Crippen LogP contribution in [-0.4, -0.2) is 47.4 Å². The zero-order valence-electron chi connectivity index (χ0n) is 13.5. The van der Waals surface area contributed by atoms with Crippen LogP contribution in [0.25, 0.3) is 11.4 Å². The van der Waals surface area contributed by atoms with Gasteiger partial charge < -0.3 is 15.0 Å². The van der Waals surface area contributed by atoms with Gasteiger partial charge in [0.25, 0.3) is 0 Å². The van der Waals surface area contributed by atoms with E-state index in [1.54, 1.807) is 19.2 Å². The van der Waals surface area contributed by atoms with Gasteiger partial charge in [-0.05, 0) is 37.1 Å². The van der Waals surface area contributed by atoms with Crippen LogP contribution < -0.4 is 5.73 Å². The summed E-state index contributed by atoms with van der Waals surface area (Å²) < 4.78 is 23.7. The molecule has 1 aliphatic heterocycles. The molecule has 1 fully saturated rings. The van der Waals surface area contributed by atoms with Gasteiger partial charge in [0.1, 0.15) is 5.82 Å². The van der Waals surface area contributed by atoms with Gasteiger partial charge in [-0.15, -0.1) is 12.4 Å². The molecule has 1 aromatic carbocycles. The van der Waals surface area contributed by atoms with Gasteiger partial charge in [0, 0.05) is 31.8 Å². The Balaban J connectivity index is 0.00000208. The summed E-state index contributed by atoms with van der Waals surface area (Å²) in [5.41, 5.74) is 6.61. The normalized spacial score (nSPS) is 21.5. The zero-order chi connectivity index (χ0) is 16.2. The first-order chi connectivity index (χ1) is 11.2. The third kappa shape index (κ3) is 4.30. The van der Waals surface area contributed by atoms with Crippen LogP contribution in [-0.2, 0) is 11.3 Å². The molecule has 3 rings (SSSR count). The Morgan fingerprint density at radius 1 is 1.38 bits per heavy atom. The van der Waals surface area contributed by atoms with E-state index in [1.165, 1.54) is 12.1 Å². The predicted molar refractivity (Wildman–Crippen MR) is 90.2 cm³/mol. The highest BCUT2D eigenvalue weighted by molar-refractivity contribution is 5.85. The first-order valence-electron chi connectivity index (χ1n) is 7.75. The van der Waals surface area contributed by atoms with Crippen LogP contribution in [0.1, 0.15) is 18.7 Å². The molecule has 0 bridgehead atoms. The smallest absolute Gasteiger partial charge is 0.241 e. The van der Waals surface area contributed by atoms with E-state index in [-0.39, 0.29) is 30.4 Å². The Morgan fingerprint density at radius 2 is 2.12 bits per heavy atom. The summed E-state index contributed by atoms with van der Waals surface area (Å²) in [7, 11) is 1.74. The molecule has 0 radical (unpaired) electrons. The number of piperidine rings is 1. The van der Waals surface area contributed by atoms with Gasteiger partial charge in [-0.25, -0.2) is 4.39 Å². The van der Waals surface area contributed by atoms with Crippen molar-refractivity contribution in [3.8, 4) is 11.4 Å². The van der Waals surface area contributed by atoms with Crippen molar-refractivity contribution in [2.45, 2.75) is 31.5 Å². The van der Waals surface area contributed by atoms with E-state index in [9.17, 15) is 4.39 Å². The van der Waals surface area contributed by atoms with Gasteiger partial charge in [-0.2, -0.15) is 4.98 Å². The number of hydrogen-bond donors (Lipinski definition) is 1. The summed E-state index contributed by atoms with van der Waals surface area (Å²) in [6, 6.07) is 6.28. The second-order valence-electron chi connectivity index (χ2n) is 5.76. The fourth-order valence-corrected chi connectivity index (χ4v) is 2.94. The maximum absolute atomic E-state index is 13.0. The lowest BCUT2D eigenvalue weighted by Crippen LogP contribution is -2.48. The van der Waals surface area contributed by atoms with Crippen molar-refractivity contribution in [2.24, 2.45) is 5.73 Å². The Kier molecular flexibility index (Phi) is 6.68. The lowest BCUT2D eigenvalue weighted by atomic mass is 9.99. The molecule has 0 aliphatic carbocycles. The Morgan fingerprint density at radius 3 is 2.79 bits per heavy atom. The first-order valence-corrected chi connectivity index (χ1v) is 7.75. The van der Waals surface area contributed by atoms with Gasteiger partial charge in [-0.3, -0.25) is 4.90 Å². The number of aromatic nitrogens is 2. The van der Waals surface area contributed by atoms with E-state index in [0.29, 0.717) is 24.8 Å². The van der Waals surface area contributed by atoms with Crippen LogP contribution in [0, 0.1) is 5.82 Å². The fourth-order valence-electron chi connectivity index (χ4n) is 2.94. The summed E-state index contributed by atoms with van der Waals surface area (Å²) in [5.74, 6) is 0.721. The molecule has 2 unspecified atom stereocenters. The average Bonchev–Trinajstić information content (AvgIpc) is 3.04. The number of likely N-dealkylation sites (tertiary alicyclic amines) is 1.